The van der Waals surface area contributed by atoms with Crippen LogP contribution in [-0.4, -0.2) is 52.8 Å². The zero-order valence-electron chi connectivity index (χ0n) is 17.9. The van der Waals surface area contributed by atoms with Crippen LogP contribution in [0.3, 0.4) is 0 Å². The summed E-state index contributed by atoms with van der Waals surface area (Å²) < 4.78 is 13.4. The first-order valence-electron chi connectivity index (χ1n) is 10.7. The number of rotatable bonds is 3. The SMILES string of the molecule is CC1=C(F)C(=O)NC(N2C[C@@H]3CN=C(NC(=O)c4ccccc4)S[C@@]3(c3ccccn3)C2)N1. The number of allylic oxidation sites excluding steroid dienone is 1. The lowest BCUT2D eigenvalue weighted by molar-refractivity contribution is -0.122. The Morgan fingerprint density at radius 3 is 2.73 bits per heavy atom. The smallest absolute Gasteiger partial charge is 0.284 e. The fraction of sp³-hybridized carbons (Fsp3) is 0.304. The predicted octanol–water partition coefficient (Wildman–Crippen LogP) is 1.95. The van der Waals surface area contributed by atoms with E-state index in [-0.39, 0.29) is 17.5 Å². The van der Waals surface area contributed by atoms with E-state index < -0.39 is 22.8 Å². The highest BCUT2D eigenvalue weighted by Gasteiger charge is 2.54. The van der Waals surface area contributed by atoms with Gasteiger partial charge in [-0.3, -0.25) is 24.5 Å². The van der Waals surface area contributed by atoms with E-state index in [2.05, 4.69) is 30.8 Å². The van der Waals surface area contributed by atoms with Gasteiger partial charge in [0.1, 0.15) is 0 Å². The molecule has 1 unspecified atom stereocenters. The monoisotopic (exact) mass is 466 g/mol. The van der Waals surface area contributed by atoms with Gasteiger partial charge in [-0.1, -0.05) is 36.0 Å². The highest BCUT2D eigenvalue weighted by molar-refractivity contribution is 8.14. The van der Waals surface area contributed by atoms with E-state index in [0.29, 0.717) is 30.4 Å². The number of thioether (sulfide) groups is 1. The third kappa shape index (κ3) is 4.00. The summed E-state index contributed by atoms with van der Waals surface area (Å²) in [4.78, 5) is 36.1. The summed E-state index contributed by atoms with van der Waals surface area (Å²) in [5, 5.41) is 9.21. The minimum absolute atomic E-state index is 0.0875. The van der Waals surface area contributed by atoms with Crippen LogP contribution in [0.5, 0.6) is 0 Å². The maximum atomic E-state index is 13.9. The van der Waals surface area contributed by atoms with E-state index in [1.54, 1.807) is 25.3 Å². The number of nitrogens with zero attached hydrogens (tertiary/aromatic N) is 3. The molecule has 1 fully saturated rings. The van der Waals surface area contributed by atoms with Crippen molar-refractivity contribution in [2.24, 2.45) is 10.9 Å². The molecule has 3 aliphatic heterocycles. The summed E-state index contributed by atoms with van der Waals surface area (Å²) in [6.45, 7) is 3.20. The van der Waals surface area contributed by atoms with Crippen molar-refractivity contribution in [1.29, 1.82) is 0 Å². The van der Waals surface area contributed by atoms with Crippen molar-refractivity contribution >= 4 is 28.7 Å². The number of fused-ring (bicyclic) bond motifs is 1. The Morgan fingerprint density at radius 2 is 2.00 bits per heavy atom. The largest absolute Gasteiger partial charge is 0.354 e. The molecule has 0 aliphatic carbocycles. The maximum absolute atomic E-state index is 13.9. The number of carbonyl (C=O) groups excluding carboxylic acids is 2. The number of nitrogens with one attached hydrogen (secondary N) is 3. The molecule has 0 bridgehead atoms. The molecule has 0 spiro atoms. The van der Waals surface area contributed by atoms with Gasteiger partial charge in [0, 0.05) is 37.3 Å². The second-order valence-electron chi connectivity index (χ2n) is 8.26. The van der Waals surface area contributed by atoms with Crippen molar-refractivity contribution in [2.45, 2.75) is 18.0 Å². The van der Waals surface area contributed by atoms with Crippen LogP contribution in [0.2, 0.25) is 0 Å². The molecule has 1 aromatic carbocycles. The number of pyridine rings is 1. The van der Waals surface area contributed by atoms with Gasteiger partial charge in [-0.2, -0.15) is 4.39 Å². The van der Waals surface area contributed by atoms with Crippen molar-refractivity contribution in [1.82, 2.24) is 25.8 Å². The third-order valence-corrected chi connectivity index (χ3v) is 7.62. The van der Waals surface area contributed by atoms with Crippen molar-refractivity contribution in [2.75, 3.05) is 19.6 Å². The van der Waals surface area contributed by atoms with Crippen molar-refractivity contribution in [3.8, 4) is 0 Å². The molecular formula is C23H23FN6O2S. The van der Waals surface area contributed by atoms with Gasteiger partial charge in [-0.05, 0) is 31.2 Å². The Bertz CT molecular complexity index is 1140. The number of halogens is 1. The van der Waals surface area contributed by atoms with Crippen LogP contribution < -0.4 is 16.0 Å². The zero-order valence-corrected chi connectivity index (χ0v) is 18.7. The van der Waals surface area contributed by atoms with E-state index in [1.807, 2.05) is 36.4 Å². The Hall–Kier alpha value is -3.24. The van der Waals surface area contributed by atoms with E-state index in [9.17, 15) is 14.0 Å². The number of carbonyl (C=O) groups is 2. The van der Waals surface area contributed by atoms with Gasteiger partial charge in [-0.15, -0.1) is 0 Å². The summed E-state index contributed by atoms with van der Waals surface area (Å²) in [5.74, 6) is -1.66. The van der Waals surface area contributed by atoms with E-state index >= 15 is 0 Å². The number of benzene rings is 1. The standard InChI is InChI=1S/C23H23FN6O2S/c1-14-18(24)20(32)28-21(27-14)30-12-16-11-26-22(29-19(31)15-7-3-2-4-8-15)33-23(16,13-30)17-9-5-6-10-25-17/h2-10,16,21,27H,11-13H2,1H3,(H,28,32)(H,26,29,31)/t16-,21?,23-/m0/s1. The molecule has 3 aliphatic rings. The van der Waals surface area contributed by atoms with Gasteiger partial charge in [0.2, 0.25) is 5.83 Å². The van der Waals surface area contributed by atoms with Gasteiger partial charge < -0.3 is 16.0 Å². The molecule has 8 nitrogen and oxygen atoms in total. The Balaban J connectivity index is 1.41. The number of amides is 2. The van der Waals surface area contributed by atoms with Crippen LogP contribution in [0.1, 0.15) is 23.0 Å². The maximum Gasteiger partial charge on any atom is 0.284 e. The topological polar surface area (TPSA) is 98.7 Å². The zero-order chi connectivity index (χ0) is 23.0. The number of hydrogen-bond acceptors (Lipinski definition) is 7. The van der Waals surface area contributed by atoms with Crippen LogP contribution >= 0.6 is 11.8 Å². The van der Waals surface area contributed by atoms with Gasteiger partial charge in [0.05, 0.1) is 16.1 Å². The second-order valence-corrected chi connectivity index (χ2v) is 9.58. The minimum Gasteiger partial charge on any atom is -0.354 e. The van der Waals surface area contributed by atoms with Crippen LogP contribution in [0.15, 0.2) is 71.2 Å². The molecule has 0 saturated carbocycles. The van der Waals surface area contributed by atoms with Crippen LogP contribution in [0, 0.1) is 5.92 Å². The van der Waals surface area contributed by atoms with Crippen molar-refractivity contribution < 1.29 is 14.0 Å². The lowest BCUT2D eigenvalue weighted by Crippen LogP contribution is -2.59. The van der Waals surface area contributed by atoms with Gasteiger partial charge in [0.25, 0.3) is 11.8 Å². The van der Waals surface area contributed by atoms with Crippen molar-refractivity contribution in [3.05, 3.63) is 77.5 Å². The number of amidine groups is 1. The molecule has 3 N–H and O–H groups in total. The molecule has 4 heterocycles. The Kier molecular flexibility index (Phi) is 5.63. The molecule has 170 valence electrons. The fourth-order valence-corrected chi connectivity index (χ4v) is 5.86. The molecule has 3 atom stereocenters. The summed E-state index contributed by atoms with van der Waals surface area (Å²) in [6, 6.07) is 14.8. The van der Waals surface area contributed by atoms with Gasteiger partial charge in [0.15, 0.2) is 11.5 Å². The number of aromatic nitrogens is 1. The molecule has 2 aromatic rings. The summed E-state index contributed by atoms with van der Waals surface area (Å²) in [7, 11) is 0. The number of aliphatic imine (C=N–C) groups is 1. The minimum atomic E-state index is -0.800. The fourth-order valence-electron chi connectivity index (χ4n) is 4.47. The average Bonchev–Trinajstić information content (AvgIpc) is 3.23. The summed E-state index contributed by atoms with van der Waals surface area (Å²) in [5.41, 5.74) is 1.65. The van der Waals surface area contributed by atoms with Gasteiger partial charge >= 0.3 is 0 Å². The first-order chi connectivity index (χ1) is 16.0. The highest BCUT2D eigenvalue weighted by Crippen LogP contribution is 2.50. The van der Waals surface area contributed by atoms with E-state index in [4.69, 9.17) is 0 Å². The van der Waals surface area contributed by atoms with E-state index in [1.165, 1.54) is 11.8 Å². The molecule has 1 aromatic heterocycles. The lowest BCUT2D eigenvalue weighted by Gasteiger charge is -2.37. The van der Waals surface area contributed by atoms with Crippen LogP contribution in [0.25, 0.3) is 0 Å². The highest BCUT2D eigenvalue weighted by atomic mass is 32.2. The average molecular weight is 467 g/mol. The summed E-state index contributed by atoms with van der Waals surface area (Å²) >= 11 is 1.48. The Morgan fingerprint density at radius 1 is 1.21 bits per heavy atom. The molecule has 33 heavy (non-hydrogen) atoms. The first kappa shape index (κ1) is 21.6. The molecule has 0 radical (unpaired) electrons. The summed E-state index contributed by atoms with van der Waals surface area (Å²) in [6.07, 6.45) is 1.22. The van der Waals surface area contributed by atoms with Crippen molar-refractivity contribution in [3.63, 3.8) is 0 Å². The molecule has 5 rings (SSSR count). The van der Waals surface area contributed by atoms with Crippen LogP contribution in [0.4, 0.5) is 4.39 Å². The third-order valence-electron chi connectivity index (χ3n) is 6.16. The normalized spacial score (nSPS) is 27.3. The quantitative estimate of drug-likeness (QED) is 0.640. The number of likely N-dealkylation sites (tertiary alicyclic amines) is 1. The second kappa shape index (κ2) is 8.60. The molecule has 2 amide bonds. The van der Waals surface area contributed by atoms with Gasteiger partial charge in [-0.25, -0.2) is 0 Å². The predicted molar refractivity (Wildman–Crippen MR) is 124 cm³/mol. The number of hydrogen-bond donors (Lipinski definition) is 3. The molecular weight excluding hydrogens is 443 g/mol. The lowest BCUT2D eigenvalue weighted by atomic mass is 9.91. The van der Waals surface area contributed by atoms with Crippen LogP contribution in [-0.2, 0) is 9.54 Å². The molecule has 1 saturated heterocycles. The Labute approximate surface area is 194 Å². The van der Waals surface area contributed by atoms with E-state index in [0.717, 1.165) is 5.69 Å². The molecule has 10 heteroatoms. The first-order valence-corrected chi connectivity index (χ1v) is 11.5.